The van der Waals surface area contributed by atoms with Crippen molar-refractivity contribution in [3.63, 3.8) is 0 Å². The Morgan fingerprint density at radius 1 is 1.25 bits per heavy atom. The highest BCUT2D eigenvalue weighted by atomic mass is 14.8. The normalized spacial score (nSPS) is 12.5. The topological polar surface area (TPSA) is 24.7 Å². The molecule has 0 aromatic carbocycles. The Bertz CT molecular complexity index is 92.7. The van der Waals surface area contributed by atoms with Gasteiger partial charge in [0.15, 0.2) is 0 Å². The third-order valence-electron chi connectivity index (χ3n) is 0.600. The lowest BCUT2D eigenvalue weighted by Gasteiger charge is -1.88. The van der Waals surface area contributed by atoms with Crippen LogP contribution in [0, 0.1) is 0 Å². The first-order chi connectivity index (χ1) is 3.77. The molecule has 2 nitrogen and oxygen atoms in total. The molecule has 0 saturated heterocycles. The van der Waals surface area contributed by atoms with E-state index in [2.05, 4.69) is 9.98 Å². The zero-order valence-electron chi connectivity index (χ0n) is 5.63. The van der Waals surface area contributed by atoms with Crippen LogP contribution in [0.4, 0.5) is 0 Å². The van der Waals surface area contributed by atoms with E-state index in [9.17, 15) is 0 Å². The summed E-state index contributed by atoms with van der Waals surface area (Å²) in [4.78, 5) is 7.77. The summed E-state index contributed by atoms with van der Waals surface area (Å²) in [6.07, 6.45) is 3.39. The second-order valence-corrected chi connectivity index (χ2v) is 1.80. The SMILES string of the molecule is CN=CC=NC(C)C. The van der Waals surface area contributed by atoms with Gasteiger partial charge in [-0.05, 0) is 13.8 Å². The summed E-state index contributed by atoms with van der Waals surface area (Å²) in [7, 11) is 1.73. The number of hydrogen-bond acceptors (Lipinski definition) is 2. The molecule has 0 saturated carbocycles. The molecule has 0 unspecified atom stereocenters. The summed E-state index contributed by atoms with van der Waals surface area (Å²) in [5.74, 6) is 0. The Hall–Kier alpha value is -0.660. The summed E-state index contributed by atoms with van der Waals surface area (Å²) in [5, 5.41) is 0. The third kappa shape index (κ3) is 5.34. The second-order valence-electron chi connectivity index (χ2n) is 1.80. The highest BCUT2D eigenvalue weighted by molar-refractivity contribution is 6.15. The maximum absolute atomic E-state index is 4.04. The summed E-state index contributed by atoms with van der Waals surface area (Å²) < 4.78 is 0. The Morgan fingerprint density at radius 2 is 1.88 bits per heavy atom. The van der Waals surface area contributed by atoms with E-state index in [0.717, 1.165) is 0 Å². The van der Waals surface area contributed by atoms with Crippen LogP contribution in [-0.4, -0.2) is 25.5 Å². The number of hydrogen-bond donors (Lipinski definition) is 0. The number of rotatable bonds is 2. The van der Waals surface area contributed by atoms with Gasteiger partial charge in [0.1, 0.15) is 0 Å². The standard InChI is InChI=1S/C6H12N2/c1-6(2)8-5-4-7-3/h4-6H,1-3H3. The van der Waals surface area contributed by atoms with E-state index in [1.54, 1.807) is 19.5 Å². The van der Waals surface area contributed by atoms with Crippen LogP contribution in [0.3, 0.4) is 0 Å². The number of nitrogens with zero attached hydrogens (tertiary/aromatic N) is 2. The maximum Gasteiger partial charge on any atom is 0.0443 e. The van der Waals surface area contributed by atoms with Crippen molar-refractivity contribution < 1.29 is 0 Å². The van der Waals surface area contributed by atoms with Gasteiger partial charge >= 0.3 is 0 Å². The minimum atomic E-state index is 0.382. The highest BCUT2D eigenvalue weighted by Gasteiger charge is 1.78. The maximum atomic E-state index is 4.04. The first-order valence-electron chi connectivity index (χ1n) is 2.71. The molecule has 0 aromatic rings. The van der Waals surface area contributed by atoms with Gasteiger partial charge in [-0.25, -0.2) is 0 Å². The Balaban J connectivity index is 3.34. The highest BCUT2D eigenvalue weighted by Crippen LogP contribution is 1.80. The van der Waals surface area contributed by atoms with E-state index in [4.69, 9.17) is 0 Å². The van der Waals surface area contributed by atoms with Crippen molar-refractivity contribution in [2.45, 2.75) is 19.9 Å². The van der Waals surface area contributed by atoms with Crippen molar-refractivity contribution in [2.24, 2.45) is 9.98 Å². The molecule has 0 aliphatic carbocycles. The molecule has 46 valence electrons. The van der Waals surface area contributed by atoms with Crippen molar-refractivity contribution in [3.05, 3.63) is 0 Å². The van der Waals surface area contributed by atoms with Gasteiger partial charge in [-0.1, -0.05) is 0 Å². The average molecular weight is 112 g/mol. The predicted molar refractivity (Wildman–Crippen MR) is 38.0 cm³/mol. The van der Waals surface area contributed by atoms with Gasteiger partial charge in [-0.3, -0.25) is 9.98 Å². The lowest BCUT2D eigenvalue weighted by atomic mass is 10.4. The van der Waals surface area contributed by atoms with Crippen LogP contribution in [0.2, 0.25) is 0 Å². The molecule has 0 bridgehead atoms. The van der Waals surface area contributed by atoms with Crippen LogP contribution in [0.1, 0.15) is 13.8 Å². The molecule has 0 heterocycles. The van der Waals surface area contributed by atoms with E-state index in [0.29, 0.717) is 6.04 Å². The zero-order valence-corrected chi connectivity index (χ0v) is 5.63. The monoisotopic (exact) mass is 112 g/mol. The lowest BCUT2D eigenvalue weighted by molar-refractivity contribution is 0.843. The molecule has 0 aromatic heterocycles. The minimum absolute atomic E-state index is 0.382. The van der Waals surface area contributed by atoms with Crippen LogP contribution in [0.25, 0.3) is 0 Å². The molecule has 0 atom stereocenters. The first-order valence-corrected chi connectivity index (χ1v) is 2.71. The van der Waals surface area contributed by atoms with Gasteiger partial charge in [0.25, 0.3) is 0 Å². The second kappa shape index (κ2) is 4.50. The van der Waals surface area contributed by atoms with Crippen molar-refractivity contribution in [1.82, 2.24) is 0 Å². The van der Waals surface area contributed by atoms with E-state index >= 15 is 0 Å². The van der Waals surface area contributed by atoms with Crippen molar-refractivity contribution in [1.29, 1.82) is 0 Å². The smallest absolute Gasteiger partial charge is 0.0443 e. The largest absolute Gasteiger partial charge is 0.295 e. The van der Waals surface area contributed by atoms with Gasteiger partial charge in [0, 0.05) is 25.5 Å². The summed E-state index contributed by atoms with van der Waals surface area (Å²) in [6.45, 7) is 4.06. The Kier molecular flexibility index (Phi) is 4.13. The molecule has 0 amide bonds. The Labute approximate surface area is 50.4 Å². The van der Waals surface area contributed by atoms with E-state index in [-0.39, 0.29) is 0 Å². The summed E-state index contributed by atoms with van der Waals surface area (Å²) in [5.41, 5.74) is 0. The molecule has 2 heteroatoms. The molecular weight excluding hydrogens is 100 g/mol. The van der Waals surface area contributed by atoms with Crippen molar-refractivity contribution in [3.8, 4) is 0 Å². The number of aliphatic imine (C=N–C) groups is 2. The van der Waals surface area contributed by atoms with E-state index < -0.39 is 0 Å². The van der Waals surface area contributed by atoms with Gasteiger partial charge in [0.05, 0.1) is 0 Å². The van der Waals surface area contributed by atoms with Gasteiger partial charge < -0.3 is 0 Å². The fourth-order valence-corrected chi connectivity index (χ4v) is 0.277. The molecule has 8 heavy (non-hydrogen) atoms. The van der Waals surface area contributed by atoms with Gasteiger partial charge in [-0.15, -0.1) is 0 Å². The van der Waals surface area contributed by atoms with Gasteiger partial charge in [-0.2, -0.15) is 0 Å². The molecule has 0 fully saturated rings. The van der Waals surface area contributed by atoms with E-state index in [1.807, 2.05) is 13.8 Å². The fraction of sp³-hybridized carbons (Fsp3) is 0.667. The minimum Gasteiger partial charge on any atom is -0.295 e. The summed E-state index contributed by atoms with van der Waals surface area (Å²) in [6, 6.07) is 0.382. The lowest BCUT2D eigenvalue weighted by Crippen LogP contribution is -1.88. The predicted octanol–water partition coefficient (Wildman–Crippen LogP) is 1.17. The zero-order chi connectivity index (χ0) is 6.41. The molecule has 0 aliphatic rings. The van der Waals surface area contributed by atoms with E-state index in [1.165, 1.54) is 0 Å². The van der Waals surface area contributed by atoms with Crippen LogP contribution in [0.15, 0.2) is 9.98 Å². The quantitative estimate of drug-likeness (QED) is 0.479. The van der Waals surface area contributed by atoms with Crippen LogP contribution in [-0.2, 0) is 0 Å². The van der Waals surface area contributed by atoms with Crippen LogP contribution >= 0.6 is 0 Å². The van der Waals surface area contributed by atoms with Crippen LogP contribution in [0.5, 0.6) is 0 Å². The molecule has 0 rings (SSSR count). The van der Waals surface area contributed by atoms with Crippen molar-refractivity contribution >= 4 is 12.4 Å². The van der Waals surface area contributed by atoms with Crippen molar-refractivity contribution in [2.75, 3.05) is 7.05 Å². The molecular formula is C6H12N2. The van der Waals surface area contributed by atoms with Crippen LogP contribution < -0.4 is 0 Å². The summed E-state index contributed by atoms with van der Waals surface area (Å²) >= 11 is 0. The molecule has 0 N–H and O–H groups in total. The van der Waals surface area contributed by atoms with Gasteiger partial charge in [0.2, 0.25) is 0 Å². The average Bonchev–Trinajstić information content (AvgIpc) is 1.66. The Morgan fingerprint density at radius 3 is 2.25 bits per heavy atom. The molecule has 0 spiro atoms. The molecule has 0 aliphatic heterocycles. The molecule has 0 radical (unpaired) electrons. The fourth-order valence-electron chi connectivity index (χ4n) is 0.277. The first kappa shape index (κ1) is 7.34. The third-order valence-corrected chi connectivity index (χ3v) is 0.600.